The Kier molecular flexibility index (Phi) is 3.02. The normalized spacial score (nSPS) is 12.2. The zero-order chi connectivity index (χ0) is 9.14. The monoisotopic (exact) mass is 197 g/mol. The molecule has 0 bridgehead atoms. The molecule has 0 aliphatic heterocycles. The van der Waals surface area contributed by atoms with Crippen molar-refractivity contribution in [1.29, 1.82) is 5.26 Å². The van der Waals surface area contributed by atoms with Crippen LogP contribution in [-0.4, -0.2) is 0 Å². The molecule has 12 heavy (non-hydrogen) atoms. The Labute approximate surface area is 82.4 Å². The summed E-state index contributed by atoms with van der Waals surface area (Å²) in [5.74, 6) is 0. The van der Waals surface area contributed by atoms with Crippen LogP contribution in [0.1, 0.15) is 23.3 Å². The Morgan fingerprint density at radius 1 is 1.58 bits per heavy atom. The SMILES string of the molecule is CC(S)c1ccc(Cl)c(C#N)c1. The van der Waals surface area contributed by atoms with Crippen LogP contribution in [0.4, 0.5) is 0 Å². The Bertz CT molecular complexity index is 328. The van der Waals surface area contributed by atoms with Crippen LogP contribution >= 0.6 is 24.2 Å². The van der Waals surface area contributed by atoms with Gasteiger partial charge in [-0.1, -0.05) is 17.7 Å². The third-order valence-electron chi connectivity index (χ3n) is 1.59. The molecule has 0 aliphatic rings. The van der Waals surface area contributed by atoms with Gasteiger partial charge in [-0.3, -0.25) is 0 Å². The number of rotatable bonds is 1. The molecule has 0 aromatic heterocycles. The first-order valence-electron chi connectivity index (χ1n) is 3.52. The van der Waals surface area contributed by atoms with Crippen molar-refractivity contribution in [1.82, 2.24) is 0 Å². The highest BCUT2D eigenvalue weighted by Crippen LogP contribution is 2.23. The van der Waals surface area contributed by atoms with Crippen LogP contribution in [0.3, 0.4) is 0 Å². The molecule has 0 amide bonds. The average Bonchev–Trinajstić information content (AvgIpc) is 2.05. The molecular formula is C9H8ClNS. The number of hydrogen-bond donors (Lipinski definition) is 1. The molecule has 62 valence electrons. The minimum Gasteiger partial charge on any atom is -0.192 e. The van der Waals surface area contributed by atoms with E-state index in [-0.39, 0.29) is 5.25 Å². The second kappa shape index (κ2) is 3.84. The van der Waals surface area contributed by atoms with Crippen molar-refractivity contribution in [3.8, 4) is 6.07 Å². The smallest absolute Gasteiger partial charge is 0.101 e. The largest absolute Gasteiger partial charge is 0.192 e. The summed E-state index contributed by atoms with van der Waals surface area (Å²) in [5.41, 5.74) is 1.52. The molecule has 1 nitrogen and oxygen atoms in total. The predicted molar refractivity (Wildman–Crippen MR) is 53.6 cm³/mol. The van der Waals surface area contributed by atoms with Gasteiger partial charge >= 0.3 is 0 Å². The molecule has 1 atom stereocenters. The van der Waals surface area contributed by atoms with Gasteiger partial charge in [0.1, 0.15) is 6.07 Å². The summed E-state index contributed by atoms with van der Waals surface area (Å²) in [6.45, 7) is 1.95. The fourth-order valence-corrected chi connectivity index (χ4v) is 1.21. The molecule has 0 heterocycles. The van der Waals surface area contributed by atoms with E-state index in [9.17, 15) is 0 Å². The highest BCUT2D eigenvalue weighted by molar-refractivity contribution is 7.80. The first-order chi connectivity index (χ1) is 5.65. The van der Waals surface area contributed by atoms with Crippen LogP contribution in [0.15, 0.2) is 18.2 Å². The maximum Gasteiger partial charge on any atom is 0.101 e. The van der Waals surface area contributed by atoms with E-state index in [0.717, 1.165) is 5.56 Å². The lowest BCUT2D eigenvalue weighted by molar-refractivity contribution is 1.11. The molecule has 3 heteroatoms. The van der Waals surface area contributed by atoms with Gasteiger partial charge in [-0.15, -0.1) is 0 Å². The zero-order valence-corrected chi connectivity index (χ0v) is 8.23. The molecule has 0 radical (unpaired) electrons. The third-order valence-corrected chi connectivity index (χ3v) is 2.22. The van der Waals surface area contributed by atoms with Crippen molar-refractivity contribution in [2.75, 3.05) is 0 Å². The maximum absolute atomic E-state index is 8.67. The van der Waals surface area contributed by atoms with Crippen LogP contribution in [0.2, 0.25) is 5.02 Å². The van der Waals surface area contributed by atoms with E-state index in [1.54, 1.807) is 12.1 Å². The first kappa shape index (κ1) is 9.44. The molecular weight excluding hydrogens is 190 g/mol. The second-order valence-electron chi connectivity index (χ2n) is 2.53. The Morgan fingerprint density at radius 2 is 2.25 bits per heavy atom. The van der Waals surface area contributed by atoms with Gasteiger partial charge in [-0.25, -0.2) is 0 Å². The van der Waals surface area contributed by atoms with E-state index in [4.69, 9.17) is 16.9 Å². The lowest BCUT2D eigenvalue weighted by Crippen LogP contribution is -1.86. The molecule has 0 fully saturated rings. The van der Waals surface area contributed by atoms with Crippen molar-refractivity contribution < 1.29 is 0 Å². The number of hydrogen-bond acceptors (Lipinski definition) is 2. The molecule has 0 aliphatic carbocycles. The minimum atomic E-state index is 0.134. The van der Waals surface area contributed by atoms with Gasteiger partial charge < -0.3 is 0 Å². The fraction of sp³-hybridized carbons (Fsp3) is 0.222. The Balaban J connectivity index is 3.16. The van der Waals surface area contributed by atoms with E-state index >= 15 is 0 Å². The molecule has 1 aromatic carbocycles. The van der Waals surface area contributed by atoms with Crippen LogP contribution in [-0.2, 0) is 0 Å². The van der Waals surface area contributed by atoms with E-state index in [0.29, 0.717) is 10.6 Å². The molecule has 1 aromatic rings. The van der Waals surface area contributed by atoms with E-state index in [1.165, 1.54) is 0 Å². The molecule has 0 N–H and O–H groups in total. The summed E-state index contributed by atoms with van der Waals surface area (Å²) in [6, 6.07) is 7.39. The predicted octanol–water partition coefficient (Wildman–Crippen LogP) is 3.20. The van der Waals surface area contributed by atoms with Crippen LogP contribution in [0.5, 0.6) is 0 Å². The minimum absolute atomic E-state index is 0.134. The van der Waals surface area contributed by atoms with Crippen molar-refractivity contribution in [3.63, 3.8) is 0 Å². The summed E-state index contributed by atoms with van der Waals surface area (Å²) in [6.07, 6.45) is 0. The molecule has 0 saturated heterocycles. The summed E-state index contributed by atoms with van der Waals surface area (Å²) < 4.78 is 0. The molecule has 1 rings (SSSR count). The lowest BCUT2D eigenvalue weighted by Gasteiger charge is -2.04. The van der Waals surface area contributed by atoms with Gasteiger partial charge in [0.25, 0.3) is 0 Å². The third kappa shape index (κ3) is 1.94. The molecule has 0 spiro atoms. The molecule has 0 saturated carbocycles. The summed E-state index contributed by atoms with van der Waals surface area (Å²) in [7, 11) is 0. The van der Waals surface area contributed by atoms with Crippen molar-refractivity contribution >= 4 is 24.2 Å². The van der Waals surface area contributed by atoms with Gasteiger partial charge in [-0.2, -0.15) is 17.9 Å². The highest BCUT2D eigenvalue weighted by Gasteiger charge is 2.03. The lowest BCUT2D eigenvalue weighted by atomic mass is 10.1. The number of nitriles is 1. The topological polar surface area (TPSA) is 23.8 Å². The van der Waals surface area contributed by atoms with Crippen molar-refractivity contribution in [3.05, 3.63) is 34.3 Å². The van der Waals surface area contributed by atoms with Gasteiger partial charge in [0, 0.05) is 5.25 Å². The van der Waals surface area contributed by atoms with Gasteiger partial charge in [0.15, 0.2) is 0 Å². The maximum atomic E-state index is 8.67. The van der Waals surface area contributed by atoms with Crippen LogP contribution < -0.4 is 0 Å². The van der Waals surface area contributed by atoms with Crippen molar-refractivity contribution in [2.45, 2.75) is 12.2 Å². The summed E-state index contributed by atoms with van der Waals surface area (Å²) >= 11 is 10.0. The van der Waals surface area contributed by atoms with Gasteiger partial charge in [-0.05, 0) is 24.6 Å². The van der Waals surface area contributed by atoms with E-state index in [1.807, 2.05) is 19.1 Å². The van der Waals surface area contributed by atoms with Gasteiger partial charge in [0.2, 0.25) is 0 Å². The standard InChI is InChI=1S/C9H8ClNS/c1-6(12)7-2-3-9(10)8(4-7)5-11/h2-4,6,12H,1H3. The Morgan fingerprint density at radius 3 is 2.75 bits per heavy atom. The quantitative estimate of drug-likeness (QED) is 0.687. The number of thiol groups is 1. The van der Waals surface area contributed by atoms with Crippen LogP contribution in [0.25, 0.3) is 0 Å². The van der Waals surface area contributed by atoms with Crippen molar-refractivity contribution in [2.24, 2.45) is 0 Å². The Hall–Kier alpha value is -0.650. The summed E-state index contributed by atoms with van der Waals surface area (Å²) in [4.78, 5) is 0. The van der Waals surface area contributed by atoms with E-state index < -0.39 is 0 Å². The second-order valence-corrected chi connectivity index (χ2v) is 3.71. The fourth-order valence-electron chi connectivity index (χ4n) is 0.888. The van der Waals surface area contributed by atoms with E-state index in [2.05, 4.69) is 12.6 Å². The molecule has 1 unspecified atom stereocenters. The number of benzene rings is 1. The number of nitrogens with zero attached hydrogens (tertiary/aromatic N) is 1. The average molecular weight is 198 g/mol. The summed E-state index contributed by atoms with van der Waals surface area (Å²) in [5, 5.41) is 9.29. The van der Waals surface area contributed by atoms with Gasteiger partial charge in [0.05, 0.1) is 10.6 Å². The zero-order valence-electron chi connectivity index (χ0n) is 6.58. The highest BCUT2D eigenvalue weighted by atomic mass is 35.5. The number of halogens is 1. The van der Waals surface area contributed by atoms with Crippen LogP contribution in [0, 0.1) is 11.3 Å². The first-order valence-corrected chi connectivity index (χ1v) is 4.42.